The molecule has 0 saturated carbocycles. The maximum atomic E-state index is 13.7. The second-order valence-electron chi connectivity index (χ2n) is 6.92. The first-order chi connectivity index (χ1) is 13.9. The van der Waals surface area contributed by atoms with E-state index in [0.717, 1.165) is 6.92 Å². The van der Waals surface area contributed by atoms with Gasteiger partial charge >= 0.3 is 0 Å². The van der Waals surface area contributed by atoms with E-state index in [9.17, 15) is 13.6 Å². The van der Waals surface area contributed by atoms with E-state index in [1.54, 1.807) is 53.7 Å². The molecule has 4 rings (SSSR count). The van der Waals surface area contributed by atoms with Gasteiger partial charge in [0.1, 0.15) is 18.2 Å². The number of carbonyl (C=O) groups is 1. The second kappa shape index (κ2) is 7.58. The van der Waals surface area contributed by atoms with Gasteiger partial charge in [-0.2, -0.15) is 0 Å². The first kappa shape index (κ1) is 19.0. The van der Waals surface area contributed by atoms with E-state index in [0.29, 0.717) is 41.4 Å². The quantitative estimate of drug-likeness (QED) is 0.661. The maximum Gasteiger partial charge on any atom is 0.270 e. The molecule has 0 radical (unpaired) electrons. The standard InChI is InChI=1S/C22H19F2N3O2/c1-22(23,24)17-5-2-4-15(12-17)16-6-7-18-19(13-16)29-11-10-27(21(18)28)14-20-25-8-3-9-26-20/h2-9,12-13H,10-11,14H2,1H3. The molecule has 1 aliphatic rings. The molecule has 0 unspecified atom stereocenters. The molecule has 2 aromatic carbocycles. The van der Waals surface area contributed by atoms with Crippen molar-refractivity contribution < 1.29 is 18.3 Å². The molecule has 0 bridgehead atoms. The Labute approximate surface area is 167 Å². The minimum absolute atomic E-state index is 0.0593. The fourth-order valence-corrected chi connectivity index (χ4v) is 3.24. The van der Waals surface area contributed by atoms with Crippen molar-refractivity contribution in [2.45, 2.75) is 19.4 Å². The second-order valence-corrected chi connectivity index (χ2v) is 6.92. The van der Waals surface area contributed by atoms with Gasteiger partial charge in [0.25, 0.3) is 11.8 Å². The topological polar surface area (TPSA) is 55.3 Å². The van der Waals surface area contributed by atoms with Crippen LogP contribution < -0.4 is 4.74 Å². The van der Waals surface area contributed by atoms with Crippen molar-refractivity contribution in [2.24, 2.45) is 0 Å². The number of ether oxygens (including phenoxy) is 1. The number of aromatic nitrogens is 2. The number of alkyl halides is 2. The Morgan fingerprint density at radius 1 is 1.07 bits per heavy atom. The molecule has 0 spiro atoms. The lowest BCUT2D eigenvalue weighted by atomic mass is 9.99. The predicted octanol–water partition coefficient (Wildman–Crippen LogP) is 4.29. The fraction of sp³-hybridized carbons (Fsp3) is 0.227. The van der Waals surface area contributed by atoms with E-state index in [2.05, 4.69) is 9.97 Å². The molecular formula is C22H19F2N3O2. The smallest absolute Gasteiger partial charge is 0.270 e. The minimum Gasteiger partial charge on any atom is -0.491 e. The Balaban J connectivity index is 1.63. The highest BCUT2D eigenvalue weighted by Crippen LogP contribution is 2.33. The first-order valence-corrected chi connectivity index (χ1v) is 9.22. The van der Waals surface area contributed by atoms with E-state index in [1.807, 2.05) is 0 Å². The molecule has 29 heavy (non-hydrogen) atoms. The number of fused-ring (bicyclic) bond motifs is 1. The van der Waals surface area contributed by atoms with Gasteiger partial charge in [-0.15, -0.1) is 0 Å². The summed E-state index contributed by atoms with van der Waals surface area (Å²) in [5, 5.41) is 0. The molecule has 7 heteroatoms. The number of carbonyl (C=O) groups excluding carboxylic acids is 1. The summed E-state index contributed by atoms with van der Waals surface area (Å²) >= 11 is 0. The zero-order valence-corrected chi connectivity index (χ0v) is 15.8. The molecule has 0 N–H and O–H groups in total. The van der Waals surface area contributed by atoms with Crippen molar-refractivity contribution in [1.82, 2.24) is 14.9 Å². The summed E-state index contributed by atoms with van der Waals surface area (Å²) in [6.07, 6.45) is 3.27. The molecule has 0 atom stereocenters. The van der Waals surface area contributed by atoms with Crippen molar-refractivity contribution >= 4 is 5.91 Å². The highest BCUT2D eigenvalue weighted by atomic mass is 19.3. The summed E-state index contributed by atoms with van der Waals surface area (Å²) in [6, 6.07) is 13.1. The Morgan fingerprint density at radius 3 is 2.59 bits per heavy atom. The lowest BCUT2D eigenvalue weighted by Crippen LogP contribution is -2.32. The van der Waals surface area contributed by atoms with E-state index >= 15 is 0 Å². The van der Waals surface area contributed by atoms with Crippen molar-refractivity contribution in [3.63, 3.8) is 0 Å². The molecule has 0 aliphatic carbocycles. The molecule has 1 aliphatic heterocycles. The van der Waals surface area contributed by atoms with Gasteiger partial charge in [-0.1, -0.05) is 24.3 Å². The summed E-state index contributed by atoms with van der Waals surface area (Å²) in [7, 11) is 0. The summed E-state index contributed by atoms with van der Waals surface area (Å²) in [5.74, 6) is -2.10. The van der Waals surface area contributed by atoms with Crippen LogP contribution in [0.3, 0.4) is 0 Å². The van der Waals surface area contributed by atoms with Gasteiger partial charge in [0, 0.05) is 24.9 Å². The first-order valence-electron chi connectivity index (χ1n) is 9.22. The average Bonchev–Trinajstić information content (AvgIpc) is 2.87. The van der Waals surface area contributed by atoms with Crippen LogP contribution in [0.25, 0.3) is 11.1 Å². The minimum atomic E-state index is -2.92. The number of hydrogen-bond donors (Lipinski definition) is 0. The van der Waals surface area contributed by atoms with E-state index in [4.69, 9.17) is 4.74 Å². The molecule has 1 aromatic heterocycles. The van der Waals surface area contributed by atoms with Crippen LogP contribution in [0.15, 0.2) is 60.9 Å². The van der Waals surface area contributed by atoms with Gasteiger partial charge in [-0.3, -0.25) is 4.79 Å². The predicted molar refractivity (Wildman–Crippen MR) is 104 cm³/mol. The highest BCUT2D eigenvalue weighted by Gasteiger charge is 2.26. The fourth-order valence-electron chi connectivity index (χ4n) is 3.24. The Bertz CT molecular complexity index is 1040. The molecule has 1 amide bonds. The highest BCUT2D eigenvalue weighted by molar-refractivity contribution is 5.98. The molecular weight excluding hydrogens is 376 g/mol. The van der Waals surface area contributed by atoms with Crippen LogP contribution in [0.1, 0.15) is 28.7 Å². The van der Waals surface area contributed by atoms with E-state index in [1.165, 1.54) is 12.1 Å². The monoisotopic (exact) mass is 395 g/mol. The maximum absolute atomic E-state index is 13.7. The molecule has 0 fully saturated rings. The van der Waals surface area contributed by atoms with Crippen molar-refractivity contribution in [3.05, 3.63) is 77.9 Å². The summed E-state index contributed by atoms with van der Waals surface area (Å²) in [5.41, 5.74) is 1.72. The lowest BCUT2D eigenvalue weighted by Gasteiger charge is -2.18. The third-order valence-corrected chi connectivity index (χ3v) is 4.77. The van der Waals surface area contributed by atoms with E-state index < -0.39 is 5.92 Å². The summed E-state index contributed by atoms with van der Waals surface area (Å²) < 4.78 is 33.1. The van der Waals surface area contributed by atoms with Crippen molar-refractivity contribution in [2.75, 3.05) is 13.2 Å². The van der Waals surface area contributed by atoms with E-state index in [-0.39, 0.29) is 18.0 Å². The van der Waals surface area contributed by atoms with Gasteiger partial charge in [0.05, 0.1) is 18.7 Å². The van der Waals surface area contributed by atoms with Crippen molar-refractivity contribution in [1.29, 1.82) is 0 Å². The average molecular weight is 395 g/mol. The van der Waals surface area contributed by atoms with Gasteiger partial charge in [0.2, 0.25) is 0 Å². The third kappa shape index (κ3) is 4.08. The zero-order chi connectivity index (χ0) is 20.4. The van der Waals surface area contributed by atoms with Crippen LogP contribution in [0.5, 0.6) is 5.75 Å². The van der Waals surface area contributed by atoms with Gasteiger partial charge in [-0.05, 0) is 35.4 Å². The largest absolute Gasteiger partial charge is 0.491 e. The number of rotatable bonds is 4. The number of nitrogens with zero attached hydrogens (tertiary/aromatic N) is 3. The SMILES string of the molecule is CC(F)(F)c1cccc(-c2ccc3c(c2)OCCN(Cc2ncccn2)C3=O)c1. The molecule has 3 aromatic rings. The van der Waals surface area contributed by atoms with Crippen LogP contribution >= 0.6 is 0 Å². The molecule has 0 saturated heterocycles. The van der Waals surface area contributed by atoms with Crippen molar-refractivity contribution in [3.8, 4) is 16.9 Å². The Hall–Kier alpha value is -3.35. The van der Waals surface area contributed by atoms with Crippen LogP contribution in [0.2, 0.25) is 0 Å². The number of halogens is 2. The van der Waals surface area contributed by atoms with Crippen LogP contribution in [-0.2, 0) is 12.5 Å². The molecule has 2 heterocycles. The number of benzene rings is 2. The number of hydrogen-bond acceptors (Lipinski definition) is 4. The third-order valence-electron chi connectivity index (χ3n) is 4.77. The zero-order valence-electron chi connectivity index (χ0n) is 15.8. The normalized spacial score (nSPS) is 14.2. The van der Waals surface area contributed by atoms with Crippen LogP contribution in [-0.4, -0.2) is 33.9 Å². The van der Waals surface area contributed by atoms with Gasteiger partial charge in [-0.25, -0.2) is 18.7 Å². The van der Waals surface area contributed by atoms with Gasteiger partial charge < -0.3 is 9.64 Å². The Morgan fingerprint density at radius 2 is 1.83 bits per heavy atom. The van der Waals surface area contributed by atoms with Gasteiger partial charge in [0.15, 0.2) is 0 Å². The van der Waals surface area contributed by atoms with Crippen LogP contribution in [0, 0.1) is 0 Å². The number of amides is 1. The van der Waals surface area contributed by atoms with Crippen LogP contribution in [0.4, 0.5) is 8.78 Å². The molecule has 148 valence electrons. The lowest BCUT2D eigenvalue weighted by molar-refractivity contribution is 0.0175. The summed E-state index contributed by atoms with van der Waals surface area (Å²) in [6.45, 7) is 1.88. The Kier molecular flexibility index (Phi) is 4.96. The summed E-state index contributed by atoms with van der Waals surface area (Å²) in [4.78, 5) is 22.9. The molecule has 5 nitrogen and oxygen atoms in total.